The fraction of sp³-hybridized carbons (Fsp3) is 0.263. The molecule has 1 nitrogen and oxygen atoms in total. The Balaban J connectivity index is 0.00000161. The van der Waals surface area contributed by atoms with Gasteiger partial charge in [-0.25, -0.2) is 0 Å². The van der Waals surface area contributed by atoms with E-state index in [4.69, 9.17) is 0 Å². The van der Waals surface area contributed by atoms with Gasteiger partial charge >= 0.3 is 0 Å². The van der Waals surface area contributed by atoms with Crippen molar-refractivity contribution in [2.45, 2.75) is 18.8 Å². The minimum absolute atomic E-state index is 0. The fourth-order valence-electron chi connectivity index (χ4n) is 3.10. The SMILES string of the molecule is CNCCCC1c2ccccc2C=Cc2ccccc21.[Cl-]. The molecule has 0 unspecified atom stereocenters. The van der Waals surface area contributed by atoms with Gasteiger partial charge in [0.25, 0.3) is 0 Å². The molecular weight excluding hydrogens is 278 g/mol. The van der Waals surface area contributed by atoms with Gasteiger partial charge in [0.05, 0.1) is 0 Å². The van der Waals surface area contributed by atoms with Crippen LogP contribution in [0.1, 0.15) is 41.0 Å². The third kappa shape index (κ3) is 3.37. The zero-order valence-electron chi connectivity index (χ0n) is 12.4. The molecule has 0 spiro atoms. The minimum atomic E-state index is 0. The van der Waals surface area contributed by atoms with E-state index in [0.717, 1.165) is 6.54 Å². The smallest absolute Gasteiger partial charge is 0.0102 e. The van der Waals surface area contributed by atoms with Crippen molar-refractivity contribution in [3.63, 3.8) is 0 Å². The van der Waals surface area contributed by atoms with Gasteiger partial charge < -0.3 is 17.7 Å². The average molecular weight is 299 g/mol. The summed E-state index contributed by atoms with van der Waals surface area (Å²) >= 11 is 0. The molecule has 21 heavy (non-hydrogen) atoms. The van der Waals surface area contributed by atoms with Crippen LogP contribution in [0.15, 0.2) is 48.5 Å². The largest absolute Gasteiger partial charge is 1.00 e. The molecule has 110 valence electrons. The maximum absolute atomic E-state index is 3.26. The van der Waals surface area contributed by atoms with Gasteiger partial charge in [-0.3, -0.25) is 0 Å². The predicted molar refractivity (Wildman–Crippen MR) is 86.8 cm³/mol. The van der Waals surface area contributed by atoms with Crippen LogP contribution in [0, 0.1) is 0 Å². The zero-order chi connectivity index (χ0) is 13.8. The van der Waals surface area contributed by atoms with E-state index in [2.05, 4.69) is 66.0 Å². The van der Waals surface area contributed by atoms with E-state index in [1.54, 1.807) is 0 Å². The molecule has 0 saturated carbocycles. The van der Waals surface area contributed by atoms with Crippen molar-refractivity contribution >= 4 is 12.2 Å². The number of nitrogens with one attached hydrogen (secondary N) is 1. The maximum atomic E-state index is 3.26. The highest BCUT2D eigenvalue weighted by molar-refractivity contribution is 5.76. The third-order valence-electron chi connectivity index (χ3n) is 4.10. The van der Waals surface area contributed by atoms with Crippen LogP contribution in [0.25, 0.3) is 12.2 Å². The van der Waals surface area contributed by atoms with Crippen molar-refractivity contribution in [3.05, 3.63) is 70.8 Å². The quantitative estimate of drug-likeness (QED) is 0.839. The van der Waals surface area contributed by atoms with Crippen molar-refractivity contribution < 1.29 is 12.4 Å². The van der Waals surface area contributed by atoms with Crippen LogP contribution in [0.2, 0.25) is 0 Å². The highest BCUT2D eigenvalue weighted by Gasteiger charge is 2.20. The van der Waals surface area contributed by atoms with Crippen molar-refractivity contribution in [1.29, 1.82) is 0 Å². The Kier molecular flexibility index (Phi) is 5.60. The normalized spacial score (nSPS) is 13.0. The molecule has 2 aromatic carbocycles. The molecule has 0 atom stereocenters. The van der Waals surface area contributed by atoms with E-state index >= 15 is 0 Å². The lowest BCUT2D eigenvalue weighted by Gasteiger charge is -2.20. The van der Waals surface area contributed by atoms with Gasteiger partial charge in [0.1, 0.15) is 0 Å². The Morgan fingerprint density at radius 3 is 1.90 bits per heavy atom. The lowest BCUT2D eigenvalue weighted by molar-refractivity contribution is -0.00000393. The molecule has 2 aromatic rings. The van der Waals surface area contributed by atoms with Crippen molar-refractivity contribution in [2.24, 2.45) is 0 Å². The Bertz CT molecular complexity index is 569. The number of rotatable bonds is 4. The third-order valence-corrected chi connectivity index (χ3v) is 4.10. The summed E-state index contributed by atoms with van der Waals surface area (Å²) in [5.74, 6) is 0.505. The van der Waals surface area contributed by atoms with E-state index in [-0.39, 0.29) is 12.4 Å². The summed E-state index contributed by atoms with van der Waals surface area (Å²) in [6, 6.07) is 17.6. The molecule has 3 rings (SSSR count). The summed E-state index contributed by atoms with van der Waals surface area (Å²) in [5.41, 5.74) is 5.64. The van der Waals surface area contributed by atoms with Gasteiger partial charge in [0.2, 0.25) is 0 Å². The van der Waals surface area contributed by atoms with Crippen molar-refractivity contribution in [3.8, 4) is 0 Å². The molecule has 1 aliphatic carbocycles. The van der Waals surface area contributed by atoms with E-state index in [1.807, 2.05) is 7.05 Å². The lowest BCUT2D eigenvalue weighted by Crippen LogP contribution is -3.00. The Morgan fingerprint density at radius 2 is 1.38 bits per heavy atom. The summed E-state index contributed by atoms with van der Waals surface area (Å²) in [5, 5.41) is 3.26. The van der Waals surface area contributed by atoms with E-state index < -0.39 is 0 Å². The van der Waals surface area contributed by atoms with Gasteiger partial charge in [-0.1, -0.05) is 60.7 Å². The summed E-state index contributed by atoms with van der Waals surface area (Å²) in [6.45, 7) is 1.08. The van der Waals surface area contributed by atoms with Crippen LogP contribution in [-0.4, -0.2) is 13.6 Å². The first-order valence-corrected chi connectivity index (χ1v) is 7.40. The number of hydrogen-bond donors (Lipinski definition) is 1. The highest BCUT2D eigenvalue weighted by Crippen LogP contribution is 2.37. The van der Waals surface area contributed by atoms with Crippen LogP contribution in [-0.2, 0) is 0 Å². The van der Waals surface area contributed by atoms with Gasteiger partial charge in [-0.05, 0) is 48.7 Å². The number of fused-ring (bicyclic) bond motifs is 2. The van der Waals surface area contributed by atoms with E-state index in [1.165, 1.54) is 35.1 Å². The van der Waals surface area contributed by atoms with Crippen LogP contribution >= 0.6 is 0 Å². The molecule has 2 heteroatoms. The monoisotopic (exact) mass is 298 g/mol. The Hall–Kier alpha value is -1.57. The first-order valence-electron chi connectivity index (χ1n) is 7.40. The summed E-state index contributed by atoms with van der Waals surface area (Å²) in [4.78, 5) is 0. The van der Waals surface area contributed by atoms with Gasteiger partial charge in [0.15, 0.2) is 0 Å². The van der Waals surface area contributed by atoms with Crippen molar-refractivity contribution in [2.75, 3.05) is 13.6 Å². The van der Waals surface area contributed by atoms with Crippen LogP contribution in [0.5, 0.6) is 0 Å². The van der Waals surface area contributed by atoms with E-state index in [9.17, 15) is 0 Å². The number of halogens is 1. The first-order chi connectivity index (χ1) is 9.90. The minimum Gasteiger partial charge on any atom is -1.00 e. The van der Waals surface area contributed by atoms with Crippen LogP contribution in [0.4, 0.5) is 0 Å². The Morgan fingerprint density at radius 1 is 0.857 bits per heavy atom. The highest BCUT2D eigenvalue weighted by atomic mass is 35.5. The summed E-state index contributed by atoms with van der Waals surface area (Å²) in [7, 11) is 2.02. The lowest BCUT2D eigenvalue weighted by atomic mass is 9.84. The van der Waals surface area contributed by atoms with Gasteiger partial charge in [-0.2, -0.15) is 0 Å². The molecule has 1 aliphatic rings. The maximum Gasteiger partial charge on any atom is 0.0102 e. The average Bonchev–Trinajstić information content (AvgIpc) is 2.66. The van der Waals surface area contributed by atoms with Gasteiger partial charge in [-0.15, -0.1) is 0 Å². The molecule has 0 heterocycles. The standard InChI is InChI=1S/C19H21N.ClH/c1-20-14-6-11-19-17-9-4-2-7-15(17)12-13-16-8-3-5-10-18(16)19;/h2-5,7-10,12-13,19-20H,6,11,14H2,1H3;1H/p-1. The second-order valence-corrected chi connectivity index (χ2v) is 5.39. The summed E-state index contributed by atoms with van der Waals surface area (Å²) in [6.07, 6.45) is 6.90. The second-order valence-electron chi connectivity index (χ2n) is 5.39. The molecule has 0 fully saturated rings. The summed E-state index contributed by atoms with van der Waals surface area (Å²) < 4.78 is 0. The molecule has 0 bridgehead atoms. The molecule has 0 radical (unpaired) electrons. The van der Waals surface area contributed by atoms with Crippen LogP contribution < -0.4 is 17.7 Å². The molecule has 1 N–H and O–H groups in total. The molecular formula is C19H21ClN-. The molecule has 0 amide bonds. The Labute approximate surface area is 133 Å². The van der Waals surface area contributed by atoms with Crippen molar-refractivity contribution in [1.82, 2.24) is 5.32 Å². The van der Waals surface area contributed by atoms with Crippen LogP contribution in [0.3, 0.4) is 0 Å². The first kappa shape index (κ1) is 15.8. The van der Waals surface area contributed by atoms with Gasteiger partial charge in [0, 0.05) is 5.92 Å². The molecule has 0 saturated heterocycles. The second kappa shape index (κ2) is 7.44. The fourth-order valence-corrected chi connectivity index (χ4v) is 3.10. The molecule has 0 aliphatic heterocycles. The number of benzene rings is 2. The topological polar surface area (TPSA) is 12.0 Å². The van der Waals surface area contributed by atoms with E-state index in [0.29, 0.717) is 5.92 Å². The number of hydrogen-bond acceptors (Lipinski definition) is 1. The predicted octanol–water partition coefficient (Wildman–Crippen LogP) is 1.31. The zero-order valence-corrected chi connectivity index (χ0v) is 13.1. The molecule has 0 aromatic heterocycles.